The summed E-state index contributed by atoms with van der Waals surface area (Å²) in [5.74, 6) is 1.67. The van der Waals surface area contributed by atoms with E-state index < -0.39 is 0 Å². The number of benzene rings is 1. The molecule has 1 aromatic rings. The Kier molecular flexibility index (Phi) is 6.78. The second-order valence-electron chi connectivity index (χ2n) is 6.54. The summed E-state index contributed by atoms with van der Waals surface area (Å²) in [7, 11) is 4.18. The summed E-state index contributed by atoms with van der Waals surface area (Å²) in [4.78, 5) is 17.9. The number of rotatable bonds is 6. The van der Waals surface area contributed by atoms with E-state index in [0.29, 0.717) is 5.92 Å². The minimum atomic E-state index is 0.0380. The first kappa shape index (κ1) is 18.1. The van der Waals surface area contributed by atoms with Crippen LogP contribution < -0.4 is 5.32 Å². The topological polar surface area (TPSA) is 35.6 Å². The van der Waals surface area contributed by atoms with Gasteiger partial charge in [-0.1, -0.05) is 19.1 Å². The maximum atomic E-state index is 12.4. The van der Waals surface area contributed by atoms with Crippen molar-refractivity contribution >= 4 is 17.8 Å². The number of hydrogen-bond acceptors (Lipinski definition) is 3. The van der Waals surface area contributed by atoms with Crippen molar-refractivity contribution in [3.05, 3.63) is 29.8 Å². The Morgan fingerprint density at radius 1 is 1.39 bits per heavy atom. The molecule has 4 nitrogen and oxygen atoms in total. The van der Waals surface area contributed by atoms with Crippen molar-refractivity contribution in [2.45, 2.75) is 31.2 Å². The standard InChI is InChI=1S/C18H29N3OS/c1-5-23-17-8-6-16(7-9-17)14(2)19-18(22)21-11-10-15(13-21)12-20(3)4/h6-9,14-15H,5,10-13H2,1-4H3,(H,19,22). The summed E-state index contributed by atoms with van der Waals surface area (Å²) < 4.78 is 0. The molecule has 0 aromatic heterocycles. The minimum Gasteiger partial charge on any atom is -0.331 e. The largest absolute Gasteiger partial charge is 0.331 e. The SMILES string of the molecule is CCSc1ccc(C(C)NC(=O)N2CCC(CN(C)C)C2)cc1. The van der Waals surface area contributed by atoms with E-state index in [1.54, 1.807) is 0 Å². The van der Waals surface area contributed by atoms with Gasteiger partial charge in [0, 0.05) is 24.5 Å². The van der Waals surface area contributed by atoms with Gasteiger partial charge in [-0.15, -0.1) is 11.8 Å². The molecule has 1 aromatic carbocycles. The Balaban J connectivity index is 1.85. The molecular weight excluding hydrogens is 306 g/mol. The second kappa shape index (κ2) is 8.60. The van der Waals surface area contributed by atoms with Crippen molar-refractivity contribution in [1.29, 1.82) is 0 Å². The smallest absolute Gasteiger partial charge is 0.317 e. The molecule has 1 aliphatic heterocycles. The van der Waals surface area contributed by atoms with Crippen molar-refractivity contribution < 1.29 is 4.79 Å². The monoisotopic (exact) mass is 335 g/mol. The molecule has 0 radical (unpaired) electrons. The third-order valence-corrected chi connectivity index (χ3v) is 5.12. The van der Waals surface area contributed by atoms with Gasteiger partial charge in [0.05, 0.1) is 6.04 Å². The molecule has 1 N–H and O–H groups in total. The van der Waals surface area contributed by atoms with E-state index in [4.69, 9.17) is 0 Å². The van der Waals surface area contributed by atoms with Gasteiger partial charge in [0.15, 0.2) is 0 Å². The van der Waals surface area contributed by atoms with Gasteiger partial charge in [0.25, 0.3) is 0 Å². The molecular formula is C18H29N3OS. The van der Waals surface area contributed by atoms with E-state index in [0.717, 1.165) is 37.4 Å². The zero-order chi connectivity index (χ0) is 16.8. The Morgan fingerprint density at radius 2 is 2.09 bits per heavy atom. The van der Waals surface area contributed by atoms with E-state index in [1.807, 2.05) is 23.6 Å². The first-order valence-corrected chi connectivity index (χ1v) is 9.41. The van der Waals surface area contributed by atoms with Crippen LogP contribution in [0.4, 0.5) is 4.79 Å². The molecule has 2 unspecified atom stereocenters. The van der Waals surface area contributed by atoms with Crippen molar-refractivity contribution in [3.63, 3.8) is 0 Å². The van der Waals surface area contributed by atoms with Gasteiger partial charge in [-0.2, -0.15) is 0 Å². The van der Waals surface area contributed by atoms with E-state index in [1.165, 1.54) is 4.90 Å². The molecule has 1 aliphatic rings. The van der Waals surface area contributed by atoms with E-state index in [9.17, 15) is 4.79 Å². The lowest BCUT2D eigenvalue weighted by Gasteiger charge is -2.22. The molecule has 2 rings (SSSR count). The first-order valence-electron chi connectivity index (χ1n) is 8.42. The van der Waals surface area contributed by atoms with Gasteiger partial charge in [0.1, 0.15) is 0 Å². The number of thioether (sulfide) groups is 1. The van der Waals surface area contributed by atoms with Gasteiger partial charge in [-0.3, -0.25) is 0 Å². The van der Waals surface area contributed by atoms with Gasteiger partial charge in [-0.25, -0.2) is 4.79 Å². The minimum absolute atomic E-state index is 0.0380. The number of hydrogen-bond donors (Lipinski definition) is 1. The van der Waals surface area contributed by atoms with Crippen molar-refractivity contribution in [2.75, 3.05) is 39.5 Å². The predicted molar refractivity (Wildman–Crippen MR) is 98.0 cm³/mol. The fourth-order valence-corrected chi connectivity index (χ4v) is 3.72. The highest BCUT2D eigenvalue weighted by atomic mass is 32.2. The number of nitrogens with one attached hydrogen (secondary N) is 1. The third-order valence-electron chi connectivity index (χ3n) is 4.23. The number of carbonyl (C=O) groups is 1. The molecule has 0 saturated carbocycles. The average Bonchev–Trinajstić information content (AvgIpc) is 2.96. The molecule has 0 bridgehead atoms. The summed E-state index contributed by atoms with van der Waals surface area (Å²) >= 11 is 1.84. The highest BCUT2D eigenvalue weighted by Gasteiger charge is 2.27. The summed E-state index contributed by atoms with van der Waals surface area (Å²) in [5.41, 5.74) is 1.16. The molecule has 0 spiro atoms. The molecule has 5 heteroatoms. The molecule has 0 aliphatic carbocycles. The molecule has 2 atom stereocenters. The lowest BCUT2D eigenvalue weighted by molar-refractivity contribution is 0.202. The normalized spacial score (nSPS) is 19.2. The van der Waals surface area contributed by atoms with Gasteiger partial charge >= 0.3 is 6.03 Å². The molecule has 2 amide bonds. The summed E-state index contributed by atoms with van der Waals surface area (Å²) in [6.07, 6.45) is 1.10. The molecule has 128 valence electrons. The zero-order valence-corrected chi connectivity index (χ0v) is 15.5. The highest BCUT2D eigenvalue weighted by Crippen LogP contribution is 2.22. The van der Waals surface area contributed by atoms with Crippen LogP contribution in [0.15, 0.2) is 29.2 Å². The fraction of sp³-hybridized carbons (Fsp3) is 0.611. The molecule has 1 fully saturated rings. The van der Waals surface area contributed by atoms with Crippen LogP contribution in [0.3, 0.4) is 0 Å². The van der Waals surface area contributed by atoms with Gasteiger partial charge in [-0.05, 0) is 56.8 Å². The van der Waals surface area contributed by atoms with Crippen LogP contribution in [0.5, 0.6) is 0 Å². The van der Waals surface area contributed by atoms with E-state index >= 15 is 0 Å². The average molecular weight is 336 g/mol. The number of nitrogens with zero attached hydrogens (tertiary/aromatic N) is 2. The van der Waals surface area contributed by atoms with Crippen LogP contribution in [0.1, 0.15) is 31.9 Å². The quantitative estimate of drug-likeness (QED) is 0.809. The molecule has 1 saturated heterocycles. The lowest BCUT2D eigenvalue weighted by Crippen LogP contribution is -2.40. The third kappa shape index (κ3) is 5.43. The van der Waals surface area contributed by atoms with Gasteiger partial charge in [0.2, 0.25) is 0 Å². The first-order chi connectivity index (χ1) is 11.0. The molecule has 23 heavy (non-hydrogen) atoms. The van der Waals surface area contributed by atoms with Crippen molar-refractivity contribution in [1.82, 2.24) is 15.1 Å². The predicted octanol–water partition coefficient (Wildman–Crippen LogP) is 3.45. The van der Waals surface area contributed by atoms with Crippen LogP contribution >= 0.6 is 11.8 Å². The molecule has 1 heterocycles. The second-order valence-corrected chi connectivity index (χ2v) is 7.87. The Labute approximate surface area is 144 Å². The van der Waals surface area contributed by atoms with Crippen molar-refractivity contribution in [2.24, 2.45) is 5.92 Å². The van der Waals surface area contributed by atoms with Crippen molar-refractivity contribution in [3.8, 4) is 0 Å². The maximum absolute atomic E-state index is 12.4. The Morgan fingerprint density at radius 3 is 2.70 bits per heavy atom. The number of carbonyl (C=O) groups excluding carboxylic acids is 1. The maximum Gasteiger partial charge on any atom is 0.317 e. The Hall–Kier alpha value is -1.20. The number of likely N-dealkylation sites (tertiary alicyclic amines) is 1. The van der Waals surface area contributed by atoms with Crippen LogP contribution in [0.25, 0.3) is 0 Å². The fourth-order valence-electron chi connectivity index (χ4n) is 3.06. The number of urea groups is 1. The summed E-state index contributed by atoms with van der Waals surface area (Å²) in [5, 5.41) is 3.13. The van der Waals surface area contributed by atoms with Crippen LogP contribution in [0.2, 0.25) is 0 Å². The van der Waals surface area contributed by atoms with Crippen LogP contribution in [-0.4, -0.2) is 55.3 Å². The summed E-state index contributed by atoms with van der Waals surface area (Å²) in [6.45, 7) is 6.98. The summed E-state index contributed by atoms with van der Waals surface area (Å²) in [6, 6.07) is 8.59. The van der Waals surface area contributed by atoms with Crippen LogP contribution in [-0.2, 0) is 0 Å². The lowest BCUT2D eigenvalue weighted by atomic mass is 10.1. The van der Waals surface area contributed by atoms with E-state index in [2.05, 4.69) is 55.5 Å². The highest BCUT2D eigenvalue weighted by molar-refractivity contribution is 7.99. The zero-order valence-electron chi connectivity index (χ0n) is 14.7. The Bertz CT molecular complexity index is 503. The van der Waals surface area contributed by atoms with Gasteiger partial charge < -0.3 is 15.1 Å². The van der Waals surface area contributed by atoms with Crippen LogP contribution in [0, 0.1) is 5.92 Å². The number of amides is 2. The van der Waals surface area contributed by atoms with E-state index in [-0.39, 0.29) is 12.1 Å².